The molecule has 2 aromatic rings. The second-order valence-corrected chi connectivity index (χ2v) is 7.14. The number of hydrogen-bond donors (Lipinski definition) is 0. The molecule has 2 heterocycles. The molecule has 0 N–H and O–H groups in total. The van der Waals surface area contributed by atoms with Gasteiger partial charge >= 0.3 is 11.9 Å². The van der Waals surface area contributed by atoms with Crippen LogP contribution in [0.2, 0.25) is 0 Å². The van der Waals surface area contributed by atoms with E-state index in [0.717, 1.165) is 5.01 Å². The molecule has 8 nitrogen and oxygen atoms in total. The van der Waals surface area contributed by atoms with Gasteiger partial charge in [0, 0.05) is 12.2 Å². The van der Waals surface area contributed by atoms with Crippen LogP contribution in [0.15, 0.2) is 34.4 Å². The number of thiazole rings is 2. The summed E-state index contributed by atoms with van der Waals surface area (Å²) in [5, 5.41) is 14.2. The Labute approximate surface area is 169 Å². The van der Waals surface area contributed by atoms with Crippen LogP contribution < -0.4 is 9.13 Å². The van der Waals surface area contributed by atoms with Crippen molar-refractivity contribution in [3.8, 4) is 6.07 Å². The zero-order valence-electron chi connectivity index (χ0n) is 15.1. The summed E-state index contributed by atoms with van der Waals surface area (Å²) in [5.41, 5.74) is -0.330. The number of carbonyl (C=O) groups is 2. The van der Waals surface area contributed by atoms with Gasteiger partial charge in [0.2, 0.25) is 0 Å². The van der Waals surface area contributed by atoms with Crippen molar-refractivity contribution in [3.63, 3.8) is 0 Å². The Morgan fingerprint density at radius 3 is 2.11 bits per heavy atom. The maximum Gasteiger partial charge on any atom is 0.349 e. The molecule has 2 rings (SSSR count). The third-order valence-electron chi connectivity index (χ3n) is 3.39. The van der Waals surface area contributed by atoms with Gasteiger partial charge in [0.1, 0.15) is 39.0 Å². The summed E-state index contributed by atoms with van der Waals surface area (Å²) in [6, 6.07) is 1.80. The van der Waals surface area contributed by atoms with Gasteiger partial charge in [-0.25, -0.2) is 9.64 Å². The number of hydrogen-bond acceptors (Lipinski definition) is 7. The van der Waals surface area contributed by atoms with E-state index in [1.54, 1.807) is 41.7 Å². The first-order chi connectivity index (χ1) is 13.5. The Balaban J connectivity index is 1.87. The molecule has 142 valence electrons. The summed E-state index contributed by atoms with van der Waals surface area (Å²) >= 11 is 2.75. The van der Waals surface area contributed by atoms with Gasteiger partial charge in [0.15, 0.2) is 12.4 Å². The number of nitriles is 1. The van der Waals surface area contributed by atoms with E-state index in [4.69, 9.17) is 21.3 Å². The van der Waals surface area contributed by atoms with Crippen LogP contribution in [0.1, 0.15) is 10.0 Å². The molecule has 0 aliphatic heterocycles. The number of aromatic nitrogens is 2. The minimum Gasteiger partial charge on any atom is -0.467 e. The third kappa shape index (κ3) is 5.58. The van der Waals surface area contributed by atoms with E-state index >= 15 is 0 Å². The van der Waals surface area contributed by atoms with Crippen molar-refractivity contribution in [2.75, 3.05) is 13.2 Å². The van der Waals surface area contributed by atoms with Crippen molar-refractivity contribution in [2.45, 2.75) is 0 Å². The Morgan fingerprint density at radius 2 is 1.64 bits per heavy atom. The minimum atomic E-state index is -0.807. The largest absolute Gasteiger partial charge is 0.467 e. The van der Waals surface area contributed by atoms with Crippen LogP contribution in [0.3, 0.4) is 0 Å². The summed E-state index contributed by atoms with van der Waals surface area (Å²) in [5.74, 6) is -1.61. The van der Waals surface area contributed by atoms with Crippen molar-refractivity contribution >= 4 is 46.8 Å². The van der Waals surface area contributed by atoms with Gasteiger partial charge in [-0.1, -0.05) is 22.7 Å². The average molecular weight is 416 g/mol. The predicted octanol–water partition coefficient (Wildman–Crippen LogP) is 1.41. The molecule has 0 amide bonds. The maximum atomic E-state index is 12.0. The molecule has 0 bridgehead atoms. The molecule has 0 aromatic carbocycles. The first-order valence-corrected chi connectivity index (χ1v) is 9.63. The molecule has 0 aliphatic carbocycles. The number of aryl methyl sites for hydroxylation is 2. The van der Waals surface area contributed by atoms with Gasteiger partial charge in [-0.3, -0.25) is 4.79 Å². The third-order valence-corrected chi connectivity index (χ3v) is 5.20. The van der Waals surface area contributed by atoms with Gasteiger partial charge < -0.3 is 9.47 Å². The Kier molecular flexibility index (Phi) is 7.57. The lowest BCUT2D eigenvalue weighted by Crippen LogP contribution is -2.27. The van der Waals surface area contributed by atoms with Crippen LogP contribution in [-0.2, 0) is 33.2 Å². The van der Waals surface area contributed by atoms with Crippen LogP contribution in [-0.4, -0.2) is 25.2 Å². The minimum absolute atomic E-state index is 0.156. The molecule has 0 aliphatic rings. The molecule has 0 radical (unpaired) electrons. The number of nitrogens with zero attached hydrogens (tertiary/aromatic N) is 4. The van der Waals surface area contributed by atoms with Crippen LogP contribution in [0.4, 0.5) is 0 Å². The zero-order chi connectivity index (χ0) is 20.5. The monoisotopic (exact) mass is 416 g/mol. The molecule has 0 saturated heterocycles. The fraction of sp³-hybridized carbons (Fsp3) is 0.222. The molecular formula is C18H16N4O4S2+2. The van der Waals surface area contributed by atoms with E-state index in [0.29, 0.717) is 5.01 Å². The maximum absolute atomic E-state index is 12.0. The second-order valence-electron chi connectivity index (χ2n) is 5.29. The highest BCUT2D eigenvalue weighted by molar-refractivity contribution is 7.10. The van der Waals surface area contributed by atoms with Crippen LogP contribution >= 0.6 is 22.7 Å². The van der Waals surface area contributed by atoms with E-state index in [2.05, 4.69) is 4.85 Å². The Bertz CT molecular complexity index is 939. The molecular weight excluding hydrogens is 400 g/mol. The number of ether oxygens (including phenoxy) is 2. The van der Waals surface area contributed by atoms with E-state index in [-0.39, 0.29) is 24.5 Å². The average Bonchev–Trinajstić information content (AvgIpc) is 3.28. The molecule has 0 fully saturated rings. The van der Waals surface area contributed by atoms with Crippen molar-refractivity contribution in [1.29, 1.82) is 5.26 Å². The van der Waals surface area contributed by atoms with E-state index in [9.17, 15) is 9.59 Å². The summed E-state index contributed by atoms with van der Waals surface area (Å²) in [7, 11) is 3.59. The highest BCUT2D eigenvalue weighted by atomic mass is 32.1. The quantitative estimate of drug-likeness (QED) is 0.170. The standard InChI is InChI=1S/C18H16N4O4S2/c1-20-14(11-16-22(3)5-9-28-16)18(24)26-7-6-25-17(23)13(12-19)10-15-21(2)4-8-27-15/h4-5,8-11H,6-7H2,2-3H3/q+2. The van der Waals surface area contributed by atoms with Gasteiger partial charge in [-0.2, -0.15) is 14.4 Å². The van der Waals surface area contributed by atoms with Gasteiger partial charge in [-0.15, -0.1) is 0 Å². The molecule has 0 saturated carbocycles. The first-order valence-electron chi connectivity index (χ1n) is 7.87. The number of rotatable bonds is 7. The van der Waals surface area contributed by atoms with Crippen molar-refractivity contribution < 1.29 is 28.2 Å². The highest BCUT2D eigenvalue weighted by Gasteiger charge is 2.17. The molecule has 0 unspecified atom stereocenters. The van der Waals surface area contributed by atoms with E-state index < -0.39 is 11.9 Å². The fourth-order valence-electron chi connectivity index (χ4n) is 1.90. The zero-order valence-corrected chi connectivity index (χ0v) is 16.7. The lowest BCUT2D eigenvalue weighted by Gasteiger charge is -2.05. The lowest BCUT2D eigenvalue weighted by molar-refractivity contribution is -0.668. The van der Waals surface area contributed by atoms with Crippen molar-refractivity contribution in [2.24, 2.45) is 14.1 Å². The molecule has 0 atom stereocenters. The van der Waals surface area contributed by atoms with Crippen LogP contribution in [0.5, 0.6) is 0 Å². The summed E-state index contributed by atoms with van der Waals surface area (Å²) < 4.78 is 13.5. The lowest BCUT2D eigenvalue weighted by atomic mass is 10.3. The SMILES string of the molecule is [C-]#[N+]C(=Cc1scc[n+]1C)C(=O)OCCOC(=O)C(C#N)=Cc1scc[n+]1C. The topological polar surface area (TPSA) is 88.5 Å². The summed E-state index contributed by atoms with van der Waals surface area (Å²) in [6.07, 6.45) is 6.47. The highest BCUT2D eigenvalue weighted by Crippen LogP contribution is 2.11. The van der Waals surface area contributed by atoms with Crippen LogP contribution in [0, 0.1) is 17.9 Å². The van der Waals surface area contributed by atoms with E-state index in [1.165, 1.54) is 34.8 Å². The van der Waals surface area contributed by atoms with Crippen molar-refractivity contribution in [3.05, 3.63) is 55.9 Å². The van der Waals surface area contributed by atoms with Crippen molar-refractivity contribution in [1.82, 2.24) is 0 Å². The second kappa shape index (κ2) is 10.1. The first kappa shape index (κ1) is 21.0. The molecule has 2 aromatic heterocycles. The smallest absolute Gasteiger partial charge is 0.349 e. The number of esters is 2. The van der Waals surface area contributed by atoms with Crippen LogP contribution in [0.25, 0.3) is 17.0 Å². The predicted molar refractivity (Wildman–Crippen MR) is 101 cm³/mol. The van der Waals surface area contributed by atoms with E-state index in [1.807, 2.05) is 10.8 Å². The normalized spacial score (nSPS) is 11.4. The Morgan fingerprint density at radius 1 is 1.11 bits per heavy atom. The molecule has 10 heteroatoms. The summed E-state index contributed by atoms with van der Waals surface area (Å²) in [6.45, 7) is 6.68. The fourth-order valence-corrected chi connectivity index (χ4v) is 3.49. The Hall–Kier alpha value is -3.34. The van der Waals surface area contributed by atoms with Gasteiger partial charge in [0.05, 0.1) is 17.3 Å². The number of carbonyl (C=O) groups excluding carboxylic acids is 2. The molecule has 0 spiro atoms. The van der Waals surface area contributed by atoms with Gasteiger partial charge in [0.25, 0.3) is 15.7 Å². The van der Waals surface area contributed by atoms with Gasteiger partial charge in [-0.05, 0) is 0 Å². The molecule has 28 heavy (non-hydrogen) atoms. The summed E-state index contributed by atoms with van der Waals surface area (Å²) in [4.78, 5) is 27.1.